The van der Waals surface area contributed by atoms with Crippen molar-refractivity contribution in [2.24, 2.45) is 0 Å². The number of hydrogen-bond donors (Lipinski definition) is 5. The quantitative estimate of drug-likeness (QED) is 0.237. The van der Waals surface area contributed by atoms with Crippen molar-refractivity contribution in [2.75, 3.05) is 48.4 Å². The fourth-order valence-corrected chi connectivity index (χ4v) is 4.13. The van der Waals surface area contributed by atoms with Crippen LogP contribution in [0.2, 0.25) is 10.0 Å². The molecule has 2 heterocycles. The Labute approximate surface area is 219 Å². The highest BCUT2D eigenvalue weighted by Crippen LogP contribution is 2.28. The lowest BCUT2D eigenvalue weighted by atomic mass is 10.1. The maximum atomic E-state index is 12.9. The van der Waals surface area contributed by atoms with Crippen LogP contribution in [0.4, 0.5) is 23.3 Å². The zero-order valence-corrected chi connectivity index (χ0v) is 21.6. The molecule has 3 aromatic rings. The van der Waals surface area contributed by atoms with Gasteiger partial charge >= 0.3 is 0 Å². The number of carbonyl (C=O) groups is 1. The summed E-state index contributed by atoms with van der Waals surface area (Å²) in [6.07, 6.45) is 1.54. The third-order valence-electron chi connectivity index (χ3n) is 5.05. The first kappa shape index (κ1) is 27.6. The van der Waals surface area contributed by atoms with Crippen LogP contribution in [0, 0.1) is 6.92 Å². The lowest BCUT2D eigenvalue weighted by Gasteiger charge is -2.21. The average Bonchev–Trinajstić information content (AvgIpc) is 2.82. The van der Waals surface area contributed by atoms with Gasteiger partial charge < -0.3 is 31.1 Å². The number of anilines is 4. The molecule has 0 unspecified atom stereocenters. The molecule has 0 aliphatic carbocycles. The van der Waals surface area contributed by atoms with Gasteiger partial charge in [0.2, 0.25) is 5.95 Å². The third-order valence-corrected chi connectivity index (χ3v) is 5.64. The number of rotatable bonds is 12. The van der Waals surface area contributed by atoms with Crippen molar-refractivity contribution < 1.29 is 15.0 Å². The molecule has 3 rings (SSSR count). The molecule has 0 saturated carbocycles. The lowest BCUT2D eigenvalue weighted by Crippen LogP contribution is -2.31. The van der Waals surface area contributed by atoms with Crippen LogP contribution < -0.4 is 20.9 Å². The lowest BCUT2D eigenvalue weighted by molar-refractivity contribution is 0.102. The smallest absolute Gasteiger partial charge is 0.258 e. The molecule has 5 N–H and O–H groups in total. The predicted molar refractivity (Wildman–Crippen MR) is 142 cm³/mol. The first-order chi connectivity index (χ1) is 17.3. The highest BCUT2D eigenvalue weighted by molar-refractivity contribution is 6.40. The van der Waals surface area contributed by atoms with Gasteiger partial charge in [-0.15, -0.1) is 0 Å². The van der Waals surface area contributed by atoms with Gasteiger partial charge in [0.1, 0.15) is 11.6 Å². The standard InChI is InChI=1S/C24H29Cl2N7O3/c1-3-27-14-16-11-18(25)22(19(26)12-16)23(36)30-17-4-5-28-20(13-17)31-21-10-15(2)29-24(32-21)33(6-8-34)7-9-35/h4-5,10-13,27,34-35H,3,6-9,14H2,1-2H3,(H2,28,29,30,31,32,36). The van der Waals surface area contributed by atoms with Crippen LogP contribution in [0.1, 0.15) is 28.5 Å². The molecule has 10 nitrogen and oxygen atoms in total. The summed E-state index contributed by atoms with van der Waals surface area (Å²) in [5, 5.41) is 28.2. The summed E-state index contributed by atoms with van der Waals surface area (Å²) in [5.74, 6) is 0.829. The first-order valence-electron chi connectivity index (χ1n) is 11.4. The van der Waals surface area contributed by atoms with E-state index in [0.717, 1.165) is 12.1 Å². The fourth-order valence-electron chi connectivity index (χ4n) is 3.43. The normalized spacial score (nSPS) is 10.8. The van der Waals surface area contributed by atoms with Gasteiger partial charge in [0, 0.05) is 49.3 Å². The number of aliphatic hydroxyl groups excluding tert-OH is 2. The maximum Gasteiger partial charge on any atom is 0.258 e. The second kappa shape index (κ2) is 13.3. The molecule has 0 saturated heterocycles. The van der Waals surface area contributed by atoms with E-state index in [0.29, 0.717) is 35.5 Å². The predicted octanol–water partition coefficient (Wildman–Crippen LogP) is 3.38. The third kappa shape index (κ3) is 7.49. The van der Waals surface area contributed by atoms with Gasteiger partial charge in [-0.05, 0) is 37.2 Å². The van der Waals surface area contributed by atoms with Gasteiger partial charge in [-0.25, -0.2) is 9.97 Å². The largest absolute Gasteiger partial charge is 0.395 e. The van der Waals surface area contributed by atoms with Crippen LogP contribution in [0.3, 0.4) is 0 Å². The molecule has 1 amide bonds. The Morgan fingerprint density at radius 3 is 2.36 bits per heavy atom. The van der Waals surface area contributed by atoms with E-state index in [1.165, 1.54) is 0 Å². The van der Waals surface area contributed by atoms with Gasteiger partial charge in [0.05, 0.1) is 28.8 Å². The summed E-state index contributed by atoms with van der Waals surface area (Å²) in [7, 11) is 0. The topological polar surface area (TPSA) is 136 Å². The number of aliphatic hydroxyl groups is 2. The van der Waals surface area contributed by atoms with Crippen LogP contribution in [0.15, 0.2) is 36.5 Å². The molecule has 0 aliphatic rings. The van der Waals surface area contributed by atoms with Gasteiger partial charge in [0.25, 0.3) is 5.91 Å². The highest BCUT2D eigenvalue weighted by Gasteiger charge is 2.17. The summed E-state index contributed by atoms with van der Waals surface area (Å²) in [6.45, 7) is 5.57. The summed E-state index contributed by atoms with van der Waals surface area (Å²) in [4.78, 5) is 27.8. The monoisotopic (exact) mass is 533 g/mol. The summed E-state index contributed by atoms with van der Waals surface area (Å²) in [6, 6.07) is 8.47. The number of aryl methyl sites for hydroxylation is 1. The van der Waals surface area contributed by atoms with Crippen molar-refractivity contribution in [2.45, 2.75) is 20.4 Å². The Bertz CT molecular complexity index is 1170. The second-order valence-electron chi connectivity index (χ2n) is 7.85. The van der Waals surface area contributed by atoms with Crippen molar-refractivity contribution in [1.82, 2.24) is 20.3 Å². The van der Waals surface area contributed by atoms with E-state index in [4.69, 9.17) is 23.2 Å². The molecule has 0 bridgehead atoms. The zero-order chi connectivity index (χ0) is 26.1. The number of pyridine rings is 1. The Balaban J connectivity index is 1.77. The number of hydrogen-bond acceptors (Lipinski definition) is 9. The number of nitrogens with zero attached hydrogens (tertiary/aromatic N) is 4. The van der Waals surface area contributed by atoms with Crippen molar-refractivity contribution in [3.63, 3.8) is 0 Å². The molecule has 0 spiro atoms. The fraction of sp³-hybridized carbons (Fsp3) is 0.333. The van der Waals surface area contributed by atoms with Crippen molar-refractivity contribution >= 4 is 52.4 Å². The van der Waals surface area contributed by atoms with Crippen LogP contribution in [-0.2, 0) is 6.54 Å². The molecule has 0 radical (unpaired) electrons. The molecule has 36 heavy (non-hydrogen) atoms. The van der Waals surface area contributed by atoms with E-state index in [1.54, 1.807) is 41.4 Å². The minimum absolute atomic E-state index is 0.101. The molecular weight excluding hydrogens is 505 g/mol. The number of aromatic nitrogens is 3. The number of halogens is 2. The van der Waals surface area contributed by atoms with Crippen molar-refractivity contribution in [3.05, 3.63) is 63.4 Å². The van der Waals surface area contributed by atoms with Gasteiger partial charge in [-0.3, -0.25) is 4.79 Å². The molecule has 0 aliphatic heterocycles. The van der Waals surface area contributed by atoms with E-state index in [1.807, 2.05) is 13.8 Å². The highest BCUT2D eigenvalue weighted by atomic mass is 35.5. The summed E-state index contributed by atoms with van der Waals surface area (Å²) in [5.41, 5.74) is 2.24. The molecule has 12 heteroatoms. The van der Waals surface area contributed by atoms with E-state index < -0.39 is 5.91 Å². The Morgan fingerprint density at radius 1 is 1.03 bits per heavy atom. The summed E-state index contributed by atoms with van der Waals surface area (Å²) < 4.78 is 0. The van der Waals surface area contributed by atoms with Crippen LogP contribution in [0.5, 0.6) is 0 Å². The van der Waals surface area contributed by atoms with E-state index in [2.05, 4.69) is 30.9 Å². The first-order valence-corrected chi connectivity index (χ1v) is 12.2. The van der Waals surface area contributed by atoms with E-state index in [9.17, 15) is 15.0 Å². The Hall–Kier alpha value is -3.02. The zero-order valence-electron chi connectivity index (χ0n) is 20.1. The SMILES string of the molecule is CCNCc1cc(Cl)c(C(=O)Nc2ccnc(Nc3cc(C)nc(N(CCO)CCO)n3)c2)c(Cl)c1. The van der Waals surface area contributed by atoms with Crippen molar-refractivity contribution in [3.8, 4) is 0 Å². The number of amides is 1. The summed E-state index contributed by atoms with van der Waals surface area (Å²) >= 11 is 12.7. The molecule has 192 valence electrons. The van der Waals surface area contributed by atoms with Crippen LogP contribution >= 0.6 is 23.2 Å². The average molecular weight is 534 g/mol. The van der Waals surface area contributed by atoms with Crippen LogP contribution in [-0.4, -0.2) is 63.9 Å². The number of benzene rings is 1. The minimum atomic E-state index is -0.444. The van der Waals surface area contributed by atoms with Gasteiger partial charge in [-0.2, -0.15) is 4.98 Å². The molecular formula is C24H29Cl2N7O3. The number of carbonyl (C=O) groups excluding carboxylic acids is 1. The molecule has 2 aromatic heterocycles. The number of nitrogens with one attached hydrogen (secondary N) is 3. The maximum absolute atomic E-state index is 12.9. The van der Waals surface area contributed by atoms with Crippen LogP contribution in [0.25, 0.3) is 0 Å². The van der Waals surface area contributed by atoms with Crippen molar-refractivity contribution in [1.29, 1.82) is 0 Å². The Kier molecular flexibility index (Phi) is 10.2. The van der Waals surface area contributed by atoms with Gasteiger partial charge in [0.15, 0.2) is 0 Å². The minimum Gasteiger partial charge on any atom is -0.395 e. The van der Waals surface area contributed by atoms with E-state index in [-0.39, 0.29) is 41.9 Å². The van der Waals surface area contributed by atoms with E-state index >= 15 is 0 Å². The molecule has 0 fully saturated rings. The molecule has 0 atom stereocenters. The van der Waals surface area contributed by atoms with Gasteiger partial charge in [-0.1, -0.05) is 30.1 Å². The Morgan fingerprint density at radius 2 is 1.72 bits per heavy atom. The second-order valence-corrected chi connectivity index (χ2v) is 8.67. The molecule has 1 aromatic carbocycles.